The molecule has 1 aliphatic rings. The molecule has 0 radical (unpaired) electrons. The van der Waals surface area contributed by atoms with Gasteiger partial charge in [-0.2, -0.15) is 0 Å². The van der Waals surface area contributed by atoms with Gasteiger partial charge in [-0.15, -0.1) is 0 Å². The molecule has 1 fully saturated rings. The van der Waals surface area contributed by atoms with Crippen molar-refractivity contribution in [2.24, 2.45) is 5.92 Å². The predicted molar refractivity (Wildman–Crippen MR) is 103 cm³/mol. The zero-order valence-electron chi connectivity index (χ0n) is 13.7. The summed E-state index contributed by atoms with van der Waals surface area (Å²) in [5, 5.41) is 7.37. The van der Waals surface area contributed by atoms with Gasteiger partial charge < -0.3 is 15.4 Å². The van der Waals surface area contributed by atoms with Crippen molar-refractivity contribution < 1.29 is 9.53 Å². The lowest BCUT2D eigenvalue weighted by Gasteiger charge is -2.27. The van der Waals surface area contributed by atoms with E-state index in [4.69, 9.17) is 16.3 Å². The van der Waals surface area contributed by atoms with Crippen molar-refractivity contribution in [2.75, 3.05) is 19.6 Å². The van der Waals surface area contributed by atoms with E-state index in [-0.39, 0.29) is 0 Å². The second kappa shape index (κ2) is 8.81. The van der Waals surface area contributed by atoms with E-state index in [0.717, 1.165) is 48.1 Å². The Kier molecular flexibility index (Phi) is 6.48. The predicted octanol–water partition coefficient (Wildman–Crippen LogP) is 3.80. The summed E-state index contributed by atoms with van der Waals surface area (Å²) in [6.07, 6.45) is 0.852. The Morgan fingerprint density at radius 2 is 2.12 bits per heavy atom. The van der Waals surface area contributed by atoms with Gasteiger partial charge in [-0.3, -0.25) is 4.79 Å². The molecule has 0 spiro atoms. The SMILES string of the molecule is O=Cc1cc(CNCC2CNC2)cc(OCc2ccc(Cl)cc2Br)c1. The molecule has 2 aromatic carbocycles. The topological polar surface area (TPSA) is 50.4 Å². The van der Waals surface area contributed by atoms with Gasteiger partial charge in [-0.25, -0.2) is 0 Å². The molecule has 0 amide bonds. The first-order chi connectivity index (χ1) is 12.1. The minimum Gasteiger partial charge on any atom is -0.489 e. The van der Waals surface area contributed by atoms with E-state index >= 15 is 0 Å². The van der Waals surface area contributed by atoms with E-state index < -0.39 is 0 Å². The van der Waals surface area contributed by atoms with Crippen LogP contribution in [0, 0.1) is 5.92 Å². The smallest absolute Gasteiger partial charge is 0.150 e. The lowest BCUT2D eigenvalue weighted by atomic mass is 10.0. The number of hydrogen-bond acceptors (Lipinski definition) is 4. The quantitative estimate of drug-likeness (QED) is 0.634. The molecule has 4 nitrogen and oxygen atoms in total. The molecule has 0 aliphatic carbocycles. The van der Waals surface area contributed by atoms with Gasteiger partial charge in [0.15, 0.2) is 0 Å². The summed E-state index contributed by atoms with van der Waals surface area (Å²) < 4.78 is 6.79. The molecular formula is C19H20BrClN2O2. The Hall–Kier alpha value is -1.40. The van der Waals surface area contributed by atoms with Crippen LogP contribution in [0.15, 0.2) is 40.9 Å². The van der Waals surface area contributed by atoms with Gasteiger partial charge in [-0.05, 0) is 41.8 Å². The molecule has 2 aromatic rings. The van der Waals surface area contributed by atoms with Crippen molar-refractivity contribution in [3.8, 4) is 5.75 Å². The highest BCUT2D eigenvalue weighted by molar-refractivity contribution is 9.10. The molecule has 0 saturated carbocycles. The summed E-state index contributed by atoms with van der Waals surface area (Å²) in [4.78, 5) is 11.2. The first kappa shape index (κ1) is 18.4. The van der Waals surface area contributed by atoms with Crippen LogP contribution in [0.25, 0.3) is 0 Å². The van der Waals surface area contributed by atoms with E-state index in [1.165, 1.54) is 0 Å². The van der Waals surface area contributed by atoms with Crippen LogP contribution < -0.4 is 15.4 Å². The maximum absolute atomic E-state index is 11.2. The van der Waals surface area contributed by atoms with Crippen LogP contribution in [0.2, 0.25) is 5.02 Å². The zero-order chi connectivity index (χ0) is 17.6. The third-order valence-electron chi connectivity index (χ3n) is 4.16. The molecule has 0 atom stereocenters. The van der Waals surface area contributed by atoms with Crippen LogP contribution in [-0.2, 0) is 13.2 Å². The minimum atomic E-state index is 0.403. The van der Waals surface area contributed by atoms with Crippen LogP contribution in [-0.4, -0.2) is 25.9 Å². The van der Waals surface area contributed by atoms with Crippen molar-refractivity contribution >= 4 is 33.8 Å². The van der Waals surface area contributed by atoms with Crippen LogP contribution in [0.3, 0.4) is 0 Å². The summed E-state index contributed by atoms with van der Waals surface area (Å²) >= 11 is 9.45. The van der Waals surface area contributed by atoms with Crippen LogP contribution in [0.1, 0.15) is 21.5 Å². The van der Waals surface area contributed by atoms with E-state index in [1.807, 2.05) is 30.3 Å². The Balaban J connectivity index is 1.62. The maximum Gasteiger partial charge on any atom is 0.150 e. The third-order valence-corrected chi connectivity index (χ3v) is 5.14. The Morgan fingerprint density at radius 1 is 1.28 bits per heavy atom. The fourth-order valence-electron chi connectivity index (χ4n) is 2.65. The molecule has 1 aliphatic heterocycles. The van der Waals surface area contributed by atoms with E-state index in [0.29, 0.717) is 28.9 Å². The molecule has 1 heterocycles. The second-order valence-electron chi connectivity index (χ2n) is 6.21. The van der Waals surface area contributed by atoms with Crippen molar-refractivity contribution in [2.45, 2.75) is 13.2 Å². The van der Waals surface area contributed by atoms with Gasteiger partial charge in [0.05, 0.1) is 0 Å². The number of hydrogen-bond donors (Lipinski definition) is 2. The monoisotopic (exact) mass is 422 g/mol. The number of carbonyl (C=O) groups excluding carboxylic acids is 1. The Morgan fingerprint density at radius 3 is 2.80 bits per heavy atom. The second-order valence-corrected chi connectivity index (χ2v) is 7.50. The molecule has 132 valence electrons. The largest absolute Gasteiger partial charge is 0.489 e. The molecule has 25 heavy (non-hydrogen) atoms. The van der Waals surface area contributed by atoms with Crippen LogP contribution >= 0.6 is 27.5 Å². The first-order valence-corrected chi connectivity index (χ1v) is 9.38. The number of halogens is 2. The number of aldehydes is 1. The van der Waals surface area contributed by atoms with Gasteiger partial charge >= 0.3 is 0 Å². The lowest BCUT2D eigenvalue weighted by molar-refractivity contribution is 0.112. The highest BCUT2D eigenvalue weighted by Gasteiger charge is 2.15. The Bertz CT molecular complexity index is 750. The van der Waals surface area contributed by atoms with Crippen molar-refractivity contribution in [3.05, 3.63) is 62.6 Å². The third kappa shape index (κ3) is 5.28. The van der Waals surface area contributed by atoms with Crippen LogP contribution in [0.5, 0.6) is 5.75 Å². The molecule has 2 N–H and O–H groups in total. The van der Waals surface area contributed by atoms with Crippen LogP contribution in [0.4, 0.5) is 0 Å². The summed E-state index contributed by atoms with van der Waals surface area (Å²) in [6, 6.07) is 11.2. The normalized spacial score (nSPS) is 14.2. The first-order valence-electron chi connectivity index (χ1n) is 8.21. The van der Waals surface area contributed by atoms with Gasteiger partial charge in [0, 0.05) is 46.8 Å². The maximum atomic E-state index is 11.2. The van der Waals surface area contributed by atoms with Crippen molar-refractivity contribution in [1.82, 2.24) is 10.6 Å². The fraction of sp³-hybridized carbons (Fsp3) is 0.316. The van der Waals surface area contributed by atoms with Crippen molar-refractivity contribution in [1.29, 1.82) is 0 Å². The van der Waals surface area contributed by atoms with Crippen molar-refractivity contribution in [3.63, 3.8) is 0 Å². The standard InChI is InChI=1S/C19H20BrClN2O2/c20-19-6-17(21)2-1-16(19)12-25-18-4-13(3-14(5-18)11-24)7-22-8-15-9-23-10-15/h1-6,11,15,22-23H,7-10,12H2. The molecule has 0 bridgehead atoms. The molecule has 6 heteroatoms. The summed E-state index contributed by atoms with van der Waals surface area (Å²) in [5.41, 5.74) is 2.66. The van der Waals surface area contributed by atoms with Gasteiger partial charge in [0.25, 0.3) is 0 Å². The van der Waals surface area contributed by atoms with Gasteiger partial charge in [0.2, 0.25) is 0 Å². The summed E-state index contributed by atoms with van der Waals surface area (Å²) in [5.74, 6) is 1.39. The lowest BCUT2D eigenvalue weighted by Crippen LogP contribution is -2.47. The number of carbonyl (C=O) groups is 1. The average Bonchev–Trinajstić information content (AvgIpc) is 2.56. The van der Waals surface area contributed by atoms with Gasteiger partial charge in [-0.1, -0.05) is 33.6 Å². The molecule has 0 aromatic heterocycles. The van der Waals surface area contributed by atoms with E-state index in [9.17, 15) is 4.79 Å². The highest BCUT2D eigenvalue weighted by Crippen LogP contribution is 2.24. The average molecular weight is 424 g/mol. The van der Waals surface area contributed by atoms with E-state index in [1.54, 1.807) is 6.07 Å². The molecule has 0 unspecified atom stereocenters. The molecule has 3 rings (SSSR count). The minimum absolute atomic E-state index is 0.403. The Labute approximate surface area is 161 Å². The summed E-state index contributed by atoms with van der Waals surface area (Å²) in [6.45, 7) is 4.25. The number of ether oxygens (including phenoxy) is 1. The molecular weight excluding hydrogens is 404 g/mol. The zero-order valence-corrected chi connectivity index (χ0v) is 16.1. The molecule has 1 saturated heterocycles. The number of nitrogens with one attached hydrogen (secondary N) is 2. The van der Waals surface area contributed by atoms with Gasteiger partial charge in [0.1, 0.15) is 18.6 Å². The van der Waals surface area contributed by atoms with E-state index in [2.05, 4.69) is 26.6 Å². The number of benzene rings is 2. The summed E-state index contributed by atoms with van der Waals surface area (Å²) in [7, 11) is 0. The number of rotatable bonds is 8. The highest BCUT2D eigenvalue weighted by atomic mass is 79.9. The fourth-order valence-corrected chi connectivity index (χ4v) is 3.45.